The van der Waals surface area contributed by atoms with Crippen LogP contribution in [0.4, 0.5) is 0 Å². The van der Waals surface area contributed by atoms with E-state index in [2.05, 4.69) is 0 Å². The number of halogens is 2. The first-order chi connectivity index (χ1) is 5.52. The van der Waals surface area contributed by atoms with Gasteiger partial charge in [0.05, 0.1) is 5.56 Å². The standard InChI is InChI=1S/C7H5Cl2NO2/c1-10-3-4(6(8)11)2-5(10)7(9)12/h2-3H,1H3. The molecule has 1 aromatic heterocycles. The van der Waals surface area contributed by atoms with E-state index in [4.69, 9.17) is 23.2 Å². The Kier molecular flexibility index (Phi) is 2.55. The minimum atomic E-state index is -0.610. The van der Waals surface area contributed by atoms with Crippen LogP contribution < -0.4 is 0 Å². The van der Waals surface area contributed by atoms with E-state index >= 15 is 0 Å². The lowest BCUT2D eigenvalue weighted by Gasteiger charge is -1.92. The Morgan fingerprint density at radius 2 is 1.92 bits per heavy atom. The average Bonchev–Trinajstić information content (AvgIpc) is 2.30. The van der Waals surface area contributed by atoms with Crippen LogP contribution in [0.2, 0.25) is 0 Å². The maximum atomic E-state index is 10.7. The van der Waals surface area contributed by atoms with Gasteiger partial charge in [0.1, 0.15) is 5.69 Å². The van der Waals surface area contributed by atoms with Crippen molar-refractivity contribution >= 4 is 33.7 Å². The van der Waals surface area contributed by atoms with Crippen LogP contribution in [-0.2, 0) is 7.05 Å². The fourth-order valence-corrected chi connectivity index (χ4v) is 1.16. The molecule has 0 aromatic carbocycles. The Morgan fingerprint density at radius 1 is 1.33 bits per heavy atom. The van der Waals surface area contributed by atoms with Gasteiger partial charge in [-0.25, -0.2) is 0 Å². The number of carbonyl (C=O) groups is 2. The number of hydrogen-bond donors (Lipinski definition) is 0. The third-order valence-corrected chi connectivity index (χ3v) is 1.85. The molecule has 64 valence electrons. The topological polar surface area (TPSA) is 39.1 Å². The van der Waals surface area contributed by atoms with Crippen LogP contribution in [0.1, 0.15) is 20.8 Å². The second-order valence-corrected chi connectivity index (χ2v) is 2.96. The lowest BCUT2D eigenvalue weighted by atomic mass is 10.3. The first kappa shape index (κ1) is 9.29. The molecule has 0 bridgehead atoms. The molecule has 12 heavy (non-hydrogen) atoms. The van der Waals surface area contributed by atoms with E-state index in [1.54, 1.807) is 7.05 Å². The van der Waals surface area contributed by atoms with Crippen LogP contribution in [0.5, 0.6) is 0 Å². The smallest absolute Gasteiger partial charge is 0.268 e. The van der Waals surface area contributed by atoms with Crippen molar-refractivity contribution < 1.29 is 9.59 Å². The van der Waals surface area contributed by atoms with Crippen molar-refractivity contribution in [3.63, 3.8) is 0 Å². The van der Waals surface area contributed by atoms with Crippen molar-refractivity contribution in [3.05, 3.63) is 23.5 Å². The van der Waals surface area contributed by atoms with Gasteiger partial charge in [-0.15, -0.1) is 0 Å². The summed E-state index contributed by atoms with van der Waals surface area (Å²) in [5, 5.41) is -1.21. The van der Waals surface area contributed by atoms with Crippen LogP contribution in [0.15, 0.2) is 12.3 Å². The second kappa shape index (κ2) is 3.29. The van der Waals surface area contributed by atoms with Crippen molar-refractivity contribution in [2.45, 2.75) is 0 Å². The average molecular weight is 206 g/mol. The van der Waals surface area contributed by atoms with Gasteiger partial charge in [-0.3, -0.25) is 9.59 Å². The highest BCUT2D eigenvalue weighted by atomic mass is 35.5. The molecule has 1 aromatic rings. The van der Waals surface area contributed by atoms with Crippen LogP contribution in [-0.4, -0.2) is 15.1 Å². The molecule has 0 spiro atoms. The Morgan fingerprint density at radius 3 is 2.17 bits per heavy atom. The Bertz CT molecular complexity index is 343. The van der Waals surface area contributed by atoms with E-state index in [0.717, 1.165) is 0 Å². The summed E-state index contributed by atoms with van der Waals surface area (Å²) < 4.78 is 1.45. The monoisotopic (exact) mass is 205 g/mol. The number of aryl methyl sites for hydroxylation is 1. The molecule has 1 heterocycles. The van der Waals surface area contributed by atoms with Crippen molar-refractivity contribution in [2.75, 3.05) is 0 Å². The van der Waals surface area contributed by atoms with E-state index in [0.29, 0.717) is 0 Å². The molecule has 0 atom stereocenters. The second-order valence-electron chi connectivity index (χ2n) is 2.27. The first-order valence-electron chi connectivity index (χ1n) is 3.08. The SMILES string of the molecule is Cn1cc(C(=O)Cl)cc1C(=O)Cl. The zero-order chi connectivity index (χ0) is 9.30. The number of hydrogen-bond acceptors (Lipinski definition) is 2. The van der Waals surface area contributed by atoms with Gasteiger partial charge in [-0.2, -0.15) is 0 Å². The van der Waals surface area contributed by atoms with Crippen LogP contribution in [0.25, 0.3) is 0 Å². The zero-order valence-electron chi connectivity index (χ0n) is 6.17. The molecular weight excluding hydrogens is 201 g/mol. The lowest BCUT2D eigenvalue weighted by molar-refractivity contribution is 0.107. The molecule has 0 aliphatic carbocycles. The van der Waals surface area contributed by atoms with Gasteiger partial charge in [0.25, 0.3) is 10.5 Å². The molecule has 3 nitrogen and oxygen atoms in total. The molecule has 0 saturated heterocycles. The molecule has 0 amide bonds. The van der Waals surface area contributed by atoms with Crippen molar-refractivity contribution in [1.29, 1.82) is 0 Å². The van der Waals surface area contributed by atoms with E-state index in [-0.39, 0.29) is 11.3 Å². The quantitative estimate of drug-likeness (QED) is 0.691. The highest BCUT2D eigenvalue weighted by Gasteiger charge is 2.11. The van der Waals surface area contributed by atoms with E-state index in [1.807, 2.05) is 0 Å². The molecular formula is C7H5Cl2NO2. The number of carbonyl (C=O) groups excluding carboxylic acids is 2. The number of rotatable bonds is 2. The van der Waals surface area contributed by atoms with Crippen molar-refractivity contribution in [3.8, 4) is 0 Å². The molecule has 0 aliphatic rings. The fraction of sp³-hybridized carbons (Fsp3) is 0.143. The zero-order valence-corrected chi connectivity index (χ0v) is 7.69. The van der Waals surface area contributed by atoms with Gasteiger partial charge in [-0.05, 0) is 29.3 Å². The number of nitrogens with zero attached hydrogens (tertiary/aromatic N) is 1. The van der Waals surface area contributed by atoms with Gasteiger partial charge in [0, 0.05) is 13.2 Å². The Balaban J connectivity index is 3.17. The molecule has 0 unspecified atom stereocenters. The van der Waals surface area contributed by atoms with Crippen molar-refractivity contribution in [1.82, 2.24) is 4.57 Å². The summed E-state index contributed by atoms with van der Waals surface area (Å²) in [7, 11) is 1.61. The Labute approximate surface area is 78.9 Å². The summed E-state index contributed by atoms with van der Waals surface area (Å²) >= 11 is 10.4. The van der Waals surface area contributed by atoms with Crippen LogP contribution in [0, 0.1) is 0 Å². The largest absolute Gasteiger partial charge is 0.346 e. The van der Waals surface area contributed by atoms with Crippen LogP contribution >= 0.6 is 23.2 Å². The normalized spacial score (nSPS) is 9.92. The van der Waals surface area contributed by atoms with Gasteiger partial charge in [0.15, 0.2) is 0 Å². The molecule has 0 aliphatic heterocycles. The molecule has 1 rings (SSSR count). The van der Waals surface area contributed by atoms with Crippen LogP contribution in [0.3, 0.4) is 0 Å². The first-order valence-corrected chi connectivity index (χ1v) is 3.84. The van der Waals surface area contributed by atoms with Gasteiger partial charge in [0.2, 0.25) is 0 Å². The van der Waals surface area contributed by atoms with Gasteiger partial charge in [-0.1, -0.05) is 0 Å². The van der Waals surface area contributed by atoms with Gasteiger partial charge < -0.3 is 4.57 Å². The summed E-state index contributed by atoms with van der Waals surface area (Å²) in [4.78, 5) is 21.3. The summed E-state index contributed by atoms with van der Waals surface area (Å²) in [6.45, 7) is 0. The molecule has 0 N–H and O–H groups in total. The minimum Gasteiger partial charge on any atom is -0.346 e. The van der Waals surface area contributed by atoms with E-state index < -0.39 is 10.5 Å². The van der Waals surface area contributed by atoms with Crippen molar-refractivity contribution in [2.24, 2.45) is 7.05 Å². The summed E-state index contributed by atoms with van der Waals surface area (Å²) in [6, 6.07) is 1.35. The lowest BCUT2D eigenvalue weighted by Crippen LogP contribution is -1.97. The molecule has 5 heteroatoms. The van der Waals surface area contributed by atoms with E-state index in [9.17, 15) is 9.59 Å². The summed E-state index contributed by atoms with van der Waals surface area (Å²) in [5.41, 5.74) is 0.517. The molecule has 0 radical (unpaired) electrons. The predicted molar refractivity (Wildman–Crippen MR) is 45.8 cm³/mol. The molecule has 0 fully saturated rings. The minimum absolute atomic E-state index is 0.251. The summed E-state index contributed by atoms with van der Waals surface area (Å²) in [6.07, 6.45) is 1.45. The third-order valence-electron chi connectivity index (χ3n) is 1.43. The Hall–Kier alpha value is -0.800. The molecule has 0 saturated carbocycles. The maximum absolute atomic E-state index is 10.7. The number of aromatic nitrogens is 1. The highest BCUT2D eigenvalue weighted by molar-refractivity contribution is 6.69. The third kappa shape index (κ3) is 1.68. The van der Waals surface area contributed by atoms with E-state index in [1.165, 1.54) is 16.8 Å². The summed E-state index contributed by atoms with van der Waals surface area (Å²) in [5.74, 6) is 0. The highest BCUT2D eigenvalue weighted by Crippen LogP contribution is 2.11. The van der Waals surface area contributed by atoms with Gasteiger partial charge >= 0.3 is 0 Å². The maximum Gasteiger partial charge on any atom is 0.268 e. The predicted octanol–water partition coefficient (Wildman–Crippen LogP) is 1.78. The fourth-order valence-electron chi connectivity index (χ4n) is 0.867.